The predicted molar refractivity (Wildman–Crippen MR) is 74.6 cm³/mol. The summed E-state index contributed by atoms with van der Waals surface area (Å²) >= 11 is 0. The minimum absolute atomic E-state index is 0.0470. The number of carbonyl (C=O) groups excluding carboxylic acids is 1. The summed E-state index contributed by atoms with van der Waals surface area (Å²) in [6, 6.07) is 0.608. The SMILES string of the molecule is Nc1ncc(C(=O)NC2CCC(C(F)(F)F)CC2)cc1[N+](=O)[O-]. The average Bonchev–Trinajstić information content (AvgIpc) is 2.47. The number of halogens is 3. The summed E-state index contributed by atoms with van der Waals surface area (Å²) in [6.45, 7) is 0. The van der Waals surface area contributed by atoms with E-state index in [9.17, 15) is 28.1 Å². The van der Waals surface area contributed by atoms with Crippen LogP contribution in [0.3, 0.4) is 0 Å². The van der Waals surface area contributed by atoms with Gasteiger partial charge in [0.05, 0.1) is 16.4 Å². The van der Waals surface area contributed by atoms with Crippen LogP contribution in [-0.4, -0.2) is 28.0 Å². The van der Waals surface area contributed by atoms with Crippen LogP contribution in [0.4, 0.5) is 24.7 Å². The molecule has 7 nitrogen and oxygen atoms in total. The number of hydrogen-bond donors (Lipinski definition) is 2. The first kappa shape index (κ1) is 17.0. The number of carbonyl (C=O) groups is 1. The zero-order valence-corrected chi connectivity index (χ0v) is 12.0. The topological polar surface area (TPSA) is 111 Å². The van der Waals surface area contributed by atoms with Crippen molar-refractivity contribution in [1.82, 2.24) is 10.3 Å². The van der Waals surface area contributed by atoms with E-state index in [1.165, 1.54) is 0 Å². The summed E-state index contributed by atoms with van der Waals surface area (Å²) in [5.74, 6) is -2.26. The first-order chi connectivity index (χ1) is 10.7. The molecular weight excluding hydrogens is 317 g/mol. The van der Waals surface area contributed by atoms with Crippen molar-refractivity contribution in [2.24, 2.45) is 5.92 Å². The lowest BCUT2D eigenvalue weighted by Crippen LogP contribution is -2.40. The summed E-state index contributed by atoms with van der Waals surface area (Å²) in [5, 5.41) is 13.3. The number of nitrogens with one attached hydrogen (secondary N) is 1. The lowest BCUT2D eigenvalue weighted by molar-refractivity contribution is -0.384. The van der Waals surface area contributed by atoms with Crippen molar-refractivity contribution in [1.29, 1.82) is 0 Å². The second-order valence-corrected chi connectivity index (χ2v) is 5.45. The minimum atomic E-state index is -4.21. The van der Waals surface area contributed by atoms with Crippen molar-refractivity contribution < 1.29 is 22.9 Å². The maximum Gasteiger partial charge on any atom is 0.391 e. The van der Waals surface area contributed by atoms with Crippen LogP contribution in [-0.2, 0) is 0 Å². The molecule has 0 spiro atoms. The van der Waals surface area contributed by atoms with Gasteiger partial charge in [-0.25, -0.2) is 4.98 Å². The molecule has 0 saturated heterocycles. The van der Waals surface area contributed by atoms with E-state index in [2.05, 4.69) is 10.3 Å². The number of alkyl halides is 3. The molecule has 1 aromatic rings. The van der Waals surface area contributed by atoms with Gasteiger partial charge in [-0.2, -0.15) is 13.2 Å². The highest BCUT2D eigenvalue weighted by atomic mass is 19.4. The van der Waals surface area contributed by atoms with Crippen molar-refractivity contribution in [3.63, 3.8) is 0 Å². The molecule has 1 aliphatic rings. The molecule has 3 N–H and O–H groups in total. The number of amides is 1. The smallest absolute Gasteiger partial charge is 0.378 e. The highest BCUT2D eigenvalue weighted by Gasteiger charge is 2.41. The van der Waals surface area contributed by atoms with Crippen LogP contribution in [0.25, 0.3) is 0 Å². The van der Waals surface area contributed by atoms with Crippen LogP contribution in [0, 0.1) is 16.0 Å². The first-order valence-electron chi connectivity index (χ1n) is 6.96. The largest absolute Gasteiger partial charge is 0.391 e. The van der Waals surface area contributed by atoms with Gasteiger partial charge in [0.1, 0.15) is 0 Å². The normalized spacial score (nSPS) is 21.7. The van der Waals surface area contributed by atoms with Crippen LogP contribution < -0.4 is 11.1 Å². The lowest BCUT2D eigenvalue weighted by Gasteiger charge is -2.30. The summed E-state index contributed by atoms with van der Waals surface area (Å²) < 4.78 is 37.7. The molecule has 1 saturated carbocycles. The van der Waals surface area contributed by atoms with E-state index in [-0.39, 0.29) is 37.1 Å². The van der Waals surface area contributed by atoms with E-state index in [1.807, 2.05) is 0 Å². The van der Waals surface area contributed by atoms with E-state index >= 15 is 0 Å². The number of nitrogen functional groups attached to an aromatic ring is 1. The molecule has 1 aromatic heterocycles. The third-order valence-corrected chi connectivity index (χ3v) is 3.88. The summed E-state index contributed by atoms with van der Waals surface area (Å²) in [5.41, 5.74) is 4.80. The average molecular weight is 332 g/mol. The van der Waals surface area contributed by atoms with E-state index in [0.717, 1.165) is 12.3 Å². The van der Waals surface area contributed by atoms with E-state index in [4.69, 9.17) is 5.73 Å². The molecule has 1 amide bonds. The van der Waals surface area contributed by atoms with Crippen LogP contribution in [0.2, 0.25) is 0 Å². The third kappa shape index (κ3) is 4.08. The van der Waals surface area contributed by atoms with Gasteiger partial charge >= 0.3 is 11.9 Å². The molecule has 0 unspecified atom stereocenters. The van der Waals surface area contributed by atoms with Crippen molar-refractivity contribution >= 4 is 17.4 Å². The Morgan fingerprint density at radius 1 is 1.35 bits per heavy atom. The zero-order valence-electron chi connectivity index (χ0n) is 12.0. The fourth-order valence-electron chi connectivity index (χ4n) is 2.57. The van der Waals surface area contributed by atoms with Gasteiger partial charge in [-0.15, -0.1) is 0 Å². The maximum absolute atomic E-state index is 12.6. The summed E-state index contributed by atoms with van der Waals surface area (Å²) in [6.07, 6.45) is -2.79. The Morgan fingerprint density at radius 2 is 1.96 bits per heavy atom. The highest BCUT2D eigenvalue weighted by molar-refractivity contribution is 5.95. The number of hydrogen-bond acceptors (Lipinski definition) is 5. The Kier molecular flexibility index (Phi) is 4.71. The molecule has 0 aromatic carbocycles. The van der Waals surface area contributed by atoms with Crippen molar-refractivity contribution in [3.05, 3.63) is 27.9 Å². The zero-order chi connectivity index (χ0) is 17.2. The molecular formula is C13H15F3N4O3. The number of pyridine rings is 1. The minimum Gasteiger partial charge on any atom is -0.378 e. The molecule has 0 aliphatic heterocycles. The molecule has 10 heteroatoms. The van der Waals surface area contributed by atoms with E-state index < -0.39 is 34.7 Å². The number of nitrogens with zero attached hydrogens (tertiary/aromatic N) is 2. The first-order valence-corrected chi connectivity index (χ1v) is 6.96. The second-order valence-electron chi connectivity index (χ2n) is 5.45. The molecule has 1 heterocycles. The second kappa shape index (κ2) is 6.39. The Hall–Kier alpha value is -2.39. The van der Waals surface area contributed by atoms with Gasteiger partial charge in [0.2, 0.25) is 5.82 Å². The number of nitrogens with two attached hydrogens (primary N) is 1. The van der Waals surface area contributed by atoms with Gasteiger partial charge in [-0.3, -0.25) is 14.9 Å². The third-order valence-electron chi connectivity index (χ3n) is 3.88. The Labute approximate surface area is 129 Å². The van der Waals surface area contributed by atoms with Gasteiger partial charge in [0.25, 0.3) is 5.91 Å². The Bertz CT molecular complexity index is 613. The van der Waals surface area contributed by atoms with Gasteiger partial charge in [-0.1, -0.05) is 0 Å². The van der Waals surface area contributed by atoms with Crippen LogP contribution in [0.15, 0.2) is 12.3 Å². The Morgan fingerprint density at radius 3 is 2.48 bits per heavy atom. The fourth-order valence-corrected chi connectivity index (χ4v) is 2.57. The van der Waals surface area contributed by atoms with Crippen molar-refractivity contribution in [3.8, 4) is 0 Å². The van der Waals surface area contributed by atoms with Crippen molar-refractivity contribution in [2.75, 3.05) is 5.73 Å². The van der Waals surface area contributed by atoms with Gasteiger partial charge in [-0.05, 0) is 25.7 Å². The lowest BCUT2D eigenvalue weighted by atomic mass is 9.85. The van der Waals surface area contributed by atoms with Gasteiger partial charge < -0.3 is 11.1 Å². The van der Waals surface area contributed by atoms with E-state index in [1.54, 1.807) is 0 Å². The molecule has 23 heavy (non-hydrogen) atoms. The standard InChI is InChI=1S/C13H15F3N4O3/c14-13(15,16)8-1-3-9(4-2-8)19-12(21)7-5-10(20(22)23)11(17)18-6-7/h5-6,8-9H,1-4H2,(H2,17,18)(H,19,21). The highest BCUT2D eigenvalue weighted by Crippen LogP contribution is 2.37. The Balaban J connectivity index is 1.98. The molecule has 0 bridgehead atoms. The molecule has 2 rings (SSSR count). The molecule has 1 aliphatic carbocycles. The molecule has 0 radical (unpaired) electrons. The number of rotatable bonds is 3. The van der Waals surface area contributed by atoms with Gasteiger partial charge in [0.15, 0.2) is 0 Å². The maximum atomic E-state index is 12.6. The number of nitro groups is 1. The molecule has 1 fully saturated rings. The van der Waals surface area contributed by atoms with E-state index in [0.29, 0.717) is 0 Å². The number of anilines is 1. The quantitative estimate of drug-likeness (QED) is 0.652. The van der Waals surface area contributed by atoms with Gasteiger partial charge in [0, 0.05) is 18.3 Å². The molecule has 126 valence electrons. The fraction of sp³-hybridized carbons (Fsp3) is 0.538. The van der Waals surface area contributed by atoms with Crippen molar-refractivity contribution in [2.45, 2.75) is 37.9 Å². The van der Waals surface area contributed by atoms with Crippen LogP contribution >= 0.6 is 0 Å². The van der Waals surface area contributed by atoms with Crippen LogP contribution in [0.5, 0.6) is 0 Å². The predicted octanol–water partition coefficient (Wildman–Crippen LogP) is 2.42. The summed E-state index contributed by atoms with van der Waals surface area (Å²) in [7, 11) is 0. The number of aromatic nitrogens is 1. The molecule has 0 atom stereocenters. The monoisotopic (exact) mass is 332 g/mol. The summed E-state index contributed by atoms with van der Waals surface area (Å²) in [4.78, 5) is 25.6. The van der Waals surface area contributed by atoms with Crippen LogP contribution in [0.1, 0.15) is 36.0 Å².